The average molecular weight is 596 g/mol. The largest absolute Gasteiger partial charge is 0.341 e. The van der Waals surface area contributed by atoms with E-state index >= 15 is 4.39 Å². The molecule has 44 heavy (non-hydrogen) atoms. The lowest BCUT2D eigenvalue weighted by Crippen LogP contribution is -2.52. The van der Waals surface area contributed by atoms with Gasteiger partial charge in [-0.1, -0.05) is 42.5 Å². The van der Waals surface area contributed by atoms with E-state index in [0.29, 0.717) is 59.3 Å². The summed E-state index contributed by atoms with van der Waals surface area (Å²) >= 11 is 0. The number of anilines is 2. The Hall–Kier alpha value is -4.86. The minimum atomic E-state index is -1.47. The van der Waals surface area contributed by atoms with Crippen molar-refractivity contribution in [3.8, 4) is 0 Å². The van der Waals surface area contributed by atoms with Crippen molar-refractivity contribution in [3.63, 3.8) is 0 Å². The van der Waals surface area contributed by atoms with Crippen molar-refractivity contribution < 1.29 is 23.6 Å². The monoisotopic (exact) mass is 595 g/mol. The molecule has 3 heterocycles. The highest BCUT2D eigenvalue weighted by Crippen LogP contribution is 2.35. The minimum Gasteiger partial charge on any atom is -0.341 e. The average Bonchev–Trinajstić information content (AvgIpc) is 3.41. The molecule has 10 heteroatoms. The van der Waals surface area contributed by atoms with Crippen molar-refractivity contribution in [3.05, 3.63) is 94.8 Å². The highest BCUT2D eigenvalue weighted by atomic mass is 19.1. The first-order chi connectivity index (χ1) is 21.3. The summed E-state index contributed by atoms with van der Waals surface area (Å²) in [6.45, 7) is 2.92. The molecule has 3 fully saturated rings. The van der Waals surface area contributed by atoms with Gasteiger partial charge in [-0.15, -0.1) is 0 Å². The van der Waals surface area contributed by atoms with E-state index in [2.05, 4.69) is 15.6 Å². The molecule has 4 aliphatic rings. The van der Waals surface area contributed by atoms with Gasteiger partial charge in [-0.25, -0.2) is 14.2 Å². The van der Waals surface area contributed by atoms with Crippen LogP contribution in [-0.2, 0) is 9.59 Å². The van der Waals surface area contributed by atoms with E-state index in [4.69, 9.17) is 0 Å². The van der Waals surface area contributed by atoms with Crippen LogP contribution >= 0.6 is 0 Å². The summed E-state index contributed by atoms with van der Waals surface area (Å²) in [6.07, 6.45) is 3.61. The lowest BCUT2D eigenvalue weighted by atomic mass is 9.84. The Kier molecular flexibility index (Phi) is 8.23. The van der Waals surface area contributed by atoms with Crippen molar-refractivity contribution >= 4 is 41.2 Å². The zero-order chi connectivity index (χ0) is 30.8. The summed E-state index contributed by atoms with van der Waals surface area (Å²) in [6, 6.07) is 17.1. The standard InChI is InChI=1S/C34H34FN5O4/c1-21-6-4-10-27-30(26-9-2-3-11-28(26)35)37-32(38-34(44)36-25-8-5-7-24(16-25)20-41)33(43)40(31(21)27)19-29(42)39-17-22-12-13-23(18-39)15-14-22/h2-11,16,20,22-23,32H,12-15,17-19H2,1H3,(H2,36,38,44)/t22?,23?,32-/m0/s1. The Labute approximate surface area is 255 Å². The Morgan fingerprint density at radius 1 is 0.955 bits per heavy atom. The fourth-order valence-electron chi connectivity index (χ4n) is 6.55. The highest BCUT2D eigenvalue weighted by Gasteiger charge is 2.38. The number of hydrogen-bond donors (Lipinski definition) is 2. The van der Waals surface area contributed by atoms with Gasteiger partial charge in [0.25, 0.3) is 5.91 Å². The van der Waals surface area contributed by atoms with Crippen LogP contribution in [0.1, 0.15) is 52.7 Å². The predicted octanol–water partition coefficient (Wildman–Crippen LogP) is 4.93. The molecule has 0 unspecified atom stereocenters. The quantitative estimate of drug-likeness (QED) is 0.394. The Balaban J connectivity index is 1.38. The van der Waals surface area contributed by atoms with Gasteiger partial charge in [-0.2, -0.15) is 0 Å². The number of benzodiazepines with no additional fused rings is 1. The van der Waals surface area contributed by atoms with Gasteiger partial charge in [0.1, 0.15) is 18.6 Å². The first-order valence-corrected chi connectivity index (χ1v) is 15.0. The number of rotatable bonds is 6. The molecule has 226 valence electrons. The summed E-state index contributed by atoms with van der Waals surface area (Å²) < 4.78 is 15.2. The number of aryl methyl sites for hydroxylation is 1. The maximum absolute atomic E-state index is 15.2. The highest BCUT2D eigenvalue weighted by molar-refractivity contribution is 6.21. The molecular weight excluding hydrogens is 561 g/mol. The van der Waals surface area contributed by atoms with Crippen LogP contribution in [0.4, 0.5) is 20.6 Å². The molecule has 9 nitrogen and oxygen atoms in total. The van der Waals surface area contributed by atoms with Crippen LogP contribution < -0.4 is 15.5 Å². The van der Waals surface area contributed by atoms with Crippen LogP contribution in [0.2, 0.25) is 0 Å². The van der Waals surface area contributed by atoms with Crippen LogP contribution in [-0.4, -0.2) is 60.5 Å². The predicted molar refractivity (Wildman–Crippen MR) is 165 cm³/mol. The van der Waals surface area contributed by atoms with Crippen molar-refractivity contribution in [2.45, 2.75) is 38.8 Å². The molecule has 0 radical (unpaired) electrons. The van der Waals surface area contributed by atoms with E-state index in [1.165, 1.54) is 17.0 Å². The number of hydrogen-bond acceptors (Lipinski definition) is 5. The number of nitrogens with one attached hydrogen (secondary N) is 2. The fraction of sp³-hybridized carbons (Fsp3) is 0.324. The Morgan fingerprint density at radius 3 is 2.34 bits per heavy atom. The topological polar surface area (TPSA) is 111 Å². The number of aldehydes is 1. The number of amides is 4. The molecule has 3 aliphatic heterocycles. The Morgan fingerprint density at radius 2 is 1.64 bits per heavy atom. The molecule has 1 atom stereocenters. The smallest absolute Gasteiger partial charge is 0.321 e. The van der Waals surface area contributed by atoms with Gasteiger partial charge in [0.15, 0.2) is 0 Å². The third-order valence-corrected chi connectivity index (χ3v) is 8.77. The number of aliphatic imine (C=N–C) groups is 1. The summed E-state index contributed by atoms with van der Waals surface area (Å²) in [4.78, 5) is 60.5. The molecule has 1 aliphatic carbocycles. The minimum absolute atomic E-state index is 0.162. The second-order valence-electron chi connectivity index (χ2n) is 11.8. The van der Waals surface area contributed by atoms with Gasteiger partial charge < -0.3 is 15.5 Å². The third kappa shape index (κ3) is 5.97. The maximum Gasteiger partial charge on any atom is 0.321 e. The van der Waals surface area contributed by atoms with Gasteiger partial charge in [0.2, 0.25) is 12.1 Å². The van der Waals surface area contributed by atoms with Gasteiger partial charge in [-0.05, 0) is 74.3 Å². The molecule has 2 N–H and O–H groups in total. The molecule has 0 spiro atoms. The first-order valence-electron chi connectivity index (χ1n) is 15.0. The van der Waals surface area contributed by atoms with Crippen molar-refractivity contribution in [2.24, 2.45) is 16.8 Å². The van der Waals surface area contributed by atoms with E-state index in [9.17, 15) is 19.2 Å². The normalized spacial score (nSPS) is 21.1. The SMILES string of the molecule is Cc1cccc2c1N(CC(=O)N1CC3CCC(CC3)C1)C(=O)[C@H](NC(=O)Nc1cccc(C=O)c1)N=C2c1ccccc1F. The van der Waals surface area contributed by atoms with E-state index in [0.717, 1.165) is 25.7 Å². The van der Waals surface area contributed by atoms with Gasteiger partial charge in [-0.3, -0.25) is 19.3 Å². The summed E-state index contributed by atoms with van der Waals surface area (Å²) in [7, 11) is 0. The number of urea groups is 1. The molecule has 4 amide bonds. The second-order valence-corrected chi connectivity index (χ2v) is 11.8. The van der Waals surface area contributed by atoms with Crippen LogP contribution in [0.15, 0.2) is 71.7 Å². The van der Waals surface area contributed by atoms with Crippen molar-refractivity contribution in [1.82, 2.24) is 10.2 Å². The molecule has 0 aromatic heterocycles. The van der Waals surface area contributed by atoms with Crippen LogP contribution in [0.5, 0.6) is 0 Å². The fourth-order valence-corrected chi connectivity index (χ4v) is 6.55. The number of nitrogens with zero attached hydrogens (tertiary/aromatic N) is 3. The zero-order valence-corrected chi connectivity index (χ0v) is 24.5. The molecule has 3 aromatic rings. The van der Waals surface area contributed by atoms with Crippen molar-refractivity contribution in [2.75, 3.05) is 29.9 Å². The number of benzene rings is 3. The van der Waals surface area contributed by atoms with E-state index in [1.54, 1.807) is 48.5 Å². The summed E-state index contributed by atoms with van der Waals surface area (Å²) in [5, 5.41) is 5.26. The van der Waals surface area contributed by atoms with E-state index < -0.39 is 23.9 Å². The molecule has 3 aromatic carbocycles. The van der Waals surface area contributed by atoms with Crippen LogP contribution in [0, 0.1) is 24.6 Å². The first kappa shape index (κ1) is 29.2. The lowest BCUT2D eigenvalue weighted by molar-refractivity contribution is -0.132. The number of para-hydroxylation sites is 1. The number of fused-ring (bicyclic) bond motifs is 5. The number of halogens is 1. The van der Waals surface area contributed by atoms with Gasteiger partial charge in [0, 0.05) is 35.5 Å². The molecule has 2 saturated heterocycles. The van der Waals surface area contributed by atoms with Crippen LogP contribution in [0.25, 0.3) is 0 Å². The molecule has 1 saturated carbocycles. The van der Waals surface area contributed by atoms with Gasteiger partial charge in [0.05, 0.1) is 11.4 Å². The number of carbonyl (C=O) groups is 4. The molecular formula is C34H34FN5O4. The summed E-state index contributed by atoms with van der Waals surface area (Å²) in [5.74, 6) is -0.411. The number of carbonyl (C=O) groups excluding carboxylic acids is 4. The van der Waals surface area contributed by atoms with Gasteiger partial charge >= 0.3 is 6.03 Å². The zero-order valence-electron chi connectivity index (χ0n) is 24.5. The second kappa shape index (κ2) is 12.4. The maximum atomic E-state index is 15.2. The lowest BCUT2D eigenvalue weighted by Gasteiger charge is -2.30. The van der Waals surface area contributed by atoms with E-state index in [1.807, 2.05) is 17.9 Å². The summed E-state index contributed by atoms with van der Waals surface area (Å²) in [5.41, 5.74) is 2.70. The molecule has 2 bridgehead atoms. The van der Waals surface area contributed by atoms with Crippen LogP contribution in [0.3, 0.4) is 0 Å². The van der Waals surface area contributed by atoms with E-state index in [-0.39, 0.29) is 23.7 Å². The van der Waals surface area contributed by atoms with Crippen molar-refractivity contribution in [1.29, 1.82) is 0 Å². The Bertz CT molecular complexity index is 1630. The molecule has 7 rings (SSSR count). The third-order valence-electron chi connectivity index (χ3n) is 8.77.